The van der Waals surface area contributed by atoms with Crippen LogP contribution in [0.1, 0.15) is 25.6 Å². The quantitative estimate of drug-likeness (QED) is 0.730. The monoisotopic (exact) mass is 304 g/mol. The number of carbonyl (C=O) groups excluding carboxylic acids is 1. The summed E-state index contributed by atoms with van der Waals surface area (Å²) >= 11 is 0. The van der Waals surface area contributed by atoms with Crippen molar-refractivity contribution in [3.8, 4) is 0 Å². The summed E-state index contributed by atoms with van der Waals surface area (Å²) in [6, 6.07) is 7.87. The first-order valence-electron chi connectivity index (χ1n) is 7.69. The Morgan fingerprint density at radius 1 is 1.41 bits per heavy atom. The van der Waals surface area contributed by atoms with Crippen LogP contribution in [0.2, 0.25) is 0 Å². The number of aryl methyl sites for hydroxylation is 1. The van der Waals surface area contributed by atoms with E-state index in [1.54, 1.807) is 0 Å². The van der Waals surface area contributed by atoms with Crippen LogP contribution in [-0.4, -0.2) is 39.9 Å². The minimum absolute atomic E-state index is 0.0583. The van der Waals surface area contributed by atoms with E-state index in [4.69, 9.17) is 5.11 Å². The highest BCUT2D eigenvalue weighted by Gasteiger charge is 2.08. The van der Waals surface area contributed by atoms with Crippen molar-refractivity contribution in [2.75, 3.05) is 13.2 Å². The van der Waals surface area contributed by atoms with Crippen LogP contribution in [-0.2, 0) is 6.54 Å². The third kappa shape index (κ3) is 4.21. The maximum atomic E-state index is 11.8. The zero-order chi connectivity index (χ0) is 15.9. The van der Waals surface area contributed by atoms with Gasteiger partial charge in [-0.05, 0) is 38.8 Å². The molecule has 0 saturated heterocycles. The summed E-state index contributed by atoms with van der Waals surface area (Å²) < 4.78 is 2.10. The number of hydrogen-bond donors (Lipinski definition) is 3. The summed E-state index contributed by atoms with van der Waals surface area (Å²) in [6.45, 7) is 5.28. The summed E-state index contributed by atoms with van der Waals surface area (Å²) in [5, 5.41) is 14.5. The van der Waals surface area contributed by atoms with E-state index in [9.17, 15) is 4.79 Å². The molecule has 0 saturated carbocycles. The number of nitrogens with zero attached hydrogens (tertiary/aromatic N) is 2. The Morgan fingerprint density at radius 2 is 2.18 bits per heavy atom. The molecule has 0 aliphatic carbocycles. The molecule has 0 aliphatic rings. The maximum absolute atomic E-state index is 11.8. The molecule has 2 rings (SSSR count). The van der Waals surface area contributed by atoms with Crippen molar-refractivity contribution in [1.82, 2.24) is 20.2 Å². The first-order valence-corrected chi connectivity index (χ1v) is 7.69. The molecular formula is C16H24N4O2. The highest BCUT2D eigenvalue weighted by Crippen LogP contribution is 2.14. The fourth-order valence-electron chi connectivity index (χ4n) is 2.50. The lowest BCUT2D eigenvalue weighted by atomic mass is 10.2. The first kappa shape index (κ1) is 16.3. The molecule has 0 aliphatic heterocycles. The van der Waals surface area contributed by atoms with Crippen LogP contribution in [0, 0.1) is 6.92 Å². The van der Waals surface area contributed by atoms with E-state index >= 15 is 0 Å². The molecule has 22 heavy (non-hydrogen) atoms. The SMILES string of the molecule is Cc1nc2ccccc2n1CCNC(=O)NC(C)CCCO. The number of hydrogen-bond acceptors (Lipinski definition) is 3. The second-order valence-electron chi connectivity index (χ2n) is 5.47. The molecule has 2 amide bonds. The number of aliphatic hydroxyl groups is 1. The molecule has 1 aromatic carbocycles. The number of carbonyl (C=O) groups is 1. The number of aromatic nitrogens is 2. The zero-order valence-corrected chi connectivity index (χ0v) is 13.2. The lowest BCUT2D eigenvalue weighted by molar-refractivity contribution is 0.234. The van der Waals surface area contributed by atoms with Gasteiger partial charge in [0.25, 0.3) is 0 Å². The Labute approximate surface area is 130 Å². The van der Waals surface area contributed by atoms with Crippen LogP contribution in [0.5, 0.6) is 0 Å². The number of benzene rings is 1. The van der Waals surface area contributed by atoms with Gasteiger partial charge in [-0.2, -0.15) is 0 Å². The lowest BCUT2D eigenvalue weighted by Crippen LogP contribution is -2.41. The Hall–Kier alpha value is -2.08. The second kappa shape index (κ2) is 7.79. The average molecular weight is 304 g/mol. The number of aliphatic hydroxyl groups excluding tert-OH is 1. The van der Waals surface area contributed by atoms with Gasteiger partial charge in [-0.25, -0.2) is 9.78 Å². The van der Waals surface area contributed by atoms with E-state index in [-0.39, 0.29) is 18.7 Å². The summed E-state index contributed by atoms with van der Waals surface area (Å²) in [4.78, 5) is 16.3. The van der Waals surface area contributed by atoms with Crippen LogP contribution < -0.4 is 10.6 Å². The van der Waals surface area contributed by atoms with E-state index in [1.807, 2.05) is 38.1 Å². The van der Waals surface area contributed by atoms with Gasteiger partial charge in [0.15, 0.2) is 0 Å². The number of urea groups is 1. The minimum atomic E-state index is -0.174. The predicted molar refractivity (Wildman–Crippen MR) is 86.8 cm³/mol. The Bertz CT molecular complexity index is 624. The maximum Gasteiger partial charge on any atom is 0.315 e. The summed E-state index contributed by atoms with van der Waals surface area (Å²) in [7, 11) is 0. The van der Waals surface area contributed by atoms with Crippen LogP contribution in [0.4, 0.5) is 4.79 Å². The highest BCUT2D eigenvalue weighted by atomic mass is 16.3. The van der Waals surface area contributed by atoms with Crippen LogP contribution >= 0.6 is 0 Å². The fourth-order valence-corrected chi connectivity index (χ4v) is 2.50. The molecular weight excluding hydrogens is 280 g/mol. The normalized spacial score (nSPS) is 12.3. The van der Waals surface area contributed by atoms with Crippen molar-refractivity contribution in [2.45, 2.75) is 39.3 Å². The van der Waals surface area contributed by atoms with E-state index in [2.05, 4.69) is 20.2 Å². The van der Waals surface area contributed by atoms with Crippen LogP contribution in [0.25, 0.3) is 11.0 Å². The van der Waals surface area contributed by atoms with Crippen molar-refractivity contribution in [3.05, 3.63) is 30.1 Å². The number of rotatable bonds is 7. The topological polar surface area (TPSA) is 79.2 Å². The van der Waals surface area contributed by atoms with Crippen molar-refractivity contribution >= 4 is 17.1 Å². The van der Waals surface area contributed by atoms with Crippen molar-refractivity contribution in [2.24, 2.45) is 0 Å². The Morgan fingerprint density at radius 3 is 2.95 bits per heavy atom. The van der Waals surface area contributed by atoms with Gasteiger partial charge in [0.05, 0.1) is 11.0 Å². The van der Waals surface area contributed by atoms with Gasteiger partial charge in [-0.15, -0.1) is 0 Å². The summed E-state index contributed by atoms with van der Waals surface area (Å²) in [5.74, 6) is 0.944. The van der Waals surface area contributed by atoms with Gasteiger partial charge in [-0.1, -0.05) is 12.1 Å². The number of amides is 2. The molecule has 1 heterocycles. The molecule has 0 fully saturated rings. The van der Waals surface area contributed by atoms with E-state index in [0.29, 0.717) is 19.5 Å². The van der Waals surface area contributed by atoms with Gasteiger partial charge in [0, 0.05) is 25.7 Å². The first-order chi connectivity index (χ1) is 10.6. The molecule has 2 aromatic rings. The number of para-hydroxylation sites is 2. The minimum Gasteiger partial charge on any atom is -0.396 e. The summed E-state index contributed by atoms with van der Waals surface area (Å²) in [5.41, 5.74) is 2.06. The van der Waals surface area contributed by atoms with E-state index in [1.165, 1.54) is 0 Å². The van der Waals surface area contributed by atoms with Gasteiger partial charge in [-0.3, -0.25) is 0 Å². The second-order valence-corrected chi connectivity index (χ2v) is 5.47. The molecule has 0 radical (unpaired) electrons. The standard InChI is InChI=1S/C16H24N4O2/c1-12(6-5-11-21)18-16(22)17-9-10-20-13(2)19-14-7-3-4-8-15(14)20/h3-4,7-8,12,21H,5-6,9-11H2,1-2H3,(H2,17,18,22). The number of imidazole rings is 1. The van der Waals surface area contributed by atoms with Gasteiger partial charge >= 0.3 is 6.03 Å². The third-order valence-corrected chi connectivity index (χ3v) is 3.64. The molecule has 6 nitrogen and oxygen atoms in total. The zero-order valence-electron chi connectivity index (χ0n) is 13.2. The lowest BCUT2D eigenvalue weighted by Gasteiger charge is -2.14. The molecule has 6 heteroatoms. The van der Waals surface area contributed by atoms with Crippen LogP contribution in [0.15, 0.2) is 24.3 Å². The summed E-state index contributed by atoms with van der Waals surface area (Å²) in [6.07, 6.45) is 1.47. The largest absolute Gasteiger partial charge is 0.396 e. The average Bonchev–Trinajstić information content (AvgIpc) is 2.81. The van der Waals surface area contributed by atoms with E-state index < -0.39 is 0 Å². The van der Waals surface area contributed by atoms with Gasteiger partial charge in [0.1, 0.15) is 5.82 Å². The third-order valence-electron chi connectivity index (χ3n) is 3.64. The molecule has 3 N–H and O–H groups in total. The molecule has 120 valence electrons. The van der Waals surface area contributed by atoms with Gasteiger partial charge in [0.2, 0.25) is 0 Å². The predicted octanol–water partition coefficient (Wildman–Crippen LogP) is 1.80. The fraction of sp³-hybridized carbons (Fsp3) is 0.500. The molecule has 0 bridgehead atoms. The molecule has 0 spiro atoms. The number of nitrogens with one attached hydrogen (secondary N) is 2. The van der Waals surface area contributed by atoms with Gasteiger partial charge < -0.3 is 20.3 Å². The van der Waals surface area contributed by atoms with Crippen molar-refractivity contribution < 1.29 is 9.90 Å². The molecule has 1 unspecified atom stereocenters. The van der Waals surface area contributed by atoms with Crippen molar-refractivity contribution in [3.63, 3.8) is 0 Å². The Kier molecular flexibility index (Phi) is 5.77. The molecule has 1 aromatic heterocycles. The van der Waals surface area contributed by atoms with Crippen molar-refractivity contribution in [1.29, 1.82) is 0 Å². The van der Waals surface area contributed by atoms with Crippen LogP contribution in [0.3, 0.4) is 0 Å². The Balaban J connectivity index is 1.82. The molecule has 1 atom stereocenters. The number of fused-ring (bicyclic) bond motifs is 1. The smallest absolute Gasteiger partial charge is 0.315 e. The highest BCUT2D eigenvalue weighted by molar-refractivity contribution is 5.76. The van der Waals surface area contributed by atoms with E-state index in [0.717, 1.165) is 23.3 Å².